The van der Waals surface area contributed by atoms with Crippen molar-refractivity contribution in [3.63, 3.8) is 0 Å². The van der Waals surface area contributed by atoms with Crippen LogP contribution in [-0.4, -0.2) is 13.1 Å². The van der Waals surface area contributed by atoms with E-state index in [4.69, 9.17) is 4.65 Å². The molecule has 0 aromatic heterocycles. The highest BCUT2D eigenvalue weighted by Crippen LogP contribution is 2.49. The fraction of sp³-hybridized carbons (Fsp3) is 1.00. The summed E-state index contributed by atoms with van der Waals surface area (Å²) >= 11 is 0. The molecule has 2 aliphatic carbocycles. The van der Waals surface area contributed by atoms with Crippen molar-refractivity contribution >= 4 is 7.48 Å². The Hall–Kier alpha value is 0.0249. The first kappa shape index (κ1) is 13.5. The number of rotatable bonds is 7. The van der Waals surface area contributed by atoms with Crippen molar-refractivity contribution in [2.45, 2.75) is 77.6 Å². The van der Waals surface area contributed by atoms with Crippen molar-refractivity contribution in [1.29, 1.82) is 0 Å². The molecule has 2 heteroatoms. The minimum atomic E-state index is 0.0492. The van der Waals surface area contributed by atoms with Crippen molar-refractivity contribution in [2.75, 3.05) is 0 Å². The van der Waals surface area contributed by atoms with Gasteiger partial charge in [-0.2, -0.15) is 0 Å². The Kier molecular flexibility index (Phi) is 4.57. The summed E-state index contributed by atoms with van der Waals surface area (Å²) in [7, 11) is 2.13. The molecular weight excluding hydrogens is 207 g/mol. The van der Waals surface area contributed by atoms with Gasteiger partial charge in [-0.1, -0.05) is 26.2 Å². The summed E-state index contributed by atoms with van der Waals surface area (Å²) in [4.78, 5) is 0. The maximum absolute atomic E-state index is 5.98. The van der Waals surface area contributed by atoms with Crippen molar-refractivity contribution in [1.82, 2.24) is 0 Å². The molecule has 1 nitrogen and oxygen atoms in total. The lowest BCUT2D eigenvalue weighted by atomic mass is 9.76. The lowest BCUT2D eigenvalue weighted by Gasteiger charge is -2.27. The zero-order valence-electron chi connectivity index (χ0n) is 11.9. The molecule has 3 atom stereocenters. The highest BCUT2D eigenvalue weighted by molar-refractivity contribution is 6.27. The molecule has 2 rings (SSSR count). The van der Waals surface area contributed by atoms with Gasteiger partial charge in [0.2, 0.25) is 0 Å². The van der Waals surface area contributed by atoms with Crippen LogP contribution in [0.15, 0.2) is 0 Å². The van der Waals surface area contributed by atoms with Gasteiger partial charge in [0.1, 0.15) is 0 Å². The van der Waals surface area contributed by atoms with E-state index in [1.165, 1.54) is 51.3 Å². The minimum Gasteiger partial charge on any atom is -0.436 e. The maximum Gasteiger partial charge on any atom is 0.293 e. The molecule has 17 heavy (non-hydrogen) atoms. The Morgan fingerprint density at radius 2 is 2.06 bits per heavy atom. The Bertz CT molecular complexity index is 239. The van der Waals surface area contributed by atoms with Crippen LogP contribution in [0.1, 0.15) is 65.7 Å². The third kappa shape index (κ3) is 3.74. The van der Waals surface area contributed by atoms with E-state index in [-0.39, 0.29) is 5.60 Å². The smallest absolute Gasteiger partial charge is 0.293 e. The van der Waals surface area contributed by atoms with Gasteiger partial charge in [0, 0.05) is 5.60 Å². The van der Waals surface area contributed by atoms with Gasteiger partial charge < -0.3 is 4.65 Å². The van der Waals surface area contributed by atoms with E-state index >= 15 is 0 Å². The van der Waals surface area contributed by atoms with E-state index < -0.39 is 0 Å². The molecular formula is C15H28BO. The fourth-order valence-electron chi connectivity index (χ4n) is 3.72. The maximum atomic E-state index is 5.98. The molecule has 2 bridgehead atoms. The van der Waals surface area contributed by atoms with E-state index in [2.05, 4.69) is 28.3 Å². The molecule has 0 spiro atoms. The van der Waals surface area contributed by atoms with Crippen LogP contribution in [0, 0.1) is 17.8 Å². The summed E-state index contributed by atoms with van der Waals surface area (Å²) < 4.78 is 5.98. The van der Waals surface area contributed by atoms with Crippen LogP contribution in [0.5, 0.6) is 0 Å². The molecule has 2 saturated carbocycles. The summed E-state index contributed by atoms with van der Waals surface area (Å²) in [5.41, 5.74) is 0.0492. The number of hydrogen-bond acceptors (Lipinski definition) is 1. The van der Waals surface area contributed by atoms with E-state index in [9.17, 15) is 0 Å². The van der Waals surface area contributed by atoms with Crippen LogP contribution in [0.4, 0.5) is 0 Å². The Morgan fingerprint density at radius 1 is 1.24 bits per heavy atom. The molecule has 0 saturated heterocycles. The zero-order chi connectivity index (χ0) is 12.3. The van der Waals surface area contributed by atoms with E-state index in [1.807, 2.05) is 0 Å². The number of fused-ring (bicyclic) bond motifs is 2. The van der Waals surface area contributed by atoms with Crippen LogP contribution in [0.3, 0.4) is 0 Å². The predicted molar refractivity (Wildman–Crippen MR) is 74.2 cm³/mol. The molecule has 97 valence electrons. The summed E-state index contributed by atoms with van der Waals surface area (Å²) in [5, 5.41) is 0. The van der Waals surface area contributed by atoms with Gasteiger partial charge in [0.15, 0.2) is 0 Å². The Balaban J connectivity index is 1.62. The number of hydrogen-bond donors (Lipinski definition) is 0. The molecule has 1 radical (unpaired) electrons. The predicted octanol–water partition coefficient (Wildman–Crippen LogP) is 4.45. The topological polar surface area (TPSA) is 9.23 Å². The second-order valence-electron chi connectivity index (χ2n) is 6.82. The van der Waals surface area contributed by atoms with Gasteiger partial charge in [-0.05, 0) is 63.6 Å². The molecule has 0 aromatic rings. The first-order valence-corrected chi connectivity index (χ1v) is 7.60. The molecule has 0 amide bonds. The monoisotopic (exact) mass is 235 g/mol. The van der Waals surface area contributed by atoms with Gasteiger partial charge in [0.05, 0.1) is 0 Å². The van der Waals surface area contributed by atoms with Crippen molar-refractivity contribution in [2.24, 2.45) is 17.8 Å². The quantitative estimate of drug-likeness (QED) is 0.592. The highest BCUT2D eigenvalue weighted by Gasteiger charge is 2.39. The van der Waals surface area contributed by atoms with Crippen molar-refractivity contribution in [3.05, 3.63) is 0 Å². The molecule has 2 fully saturated rings. The first-order valence-electron chi connectivity index (χ1n) is 7.60. The van der Waals surface area contributed by atoms with Crippen LogP contribution in [0.25, 0.3) is 0 Å². The molecule has 0 N–H and O–H groups in total. The third-order valence-corrected chi connectivity index (χ3v) is 4.82. The average Bonchev–Trinajstić information content (AvgIpc) is 2.88. The molecule has 0 heterocycles. The van der Waals surface area contributed by atoms with Gasteiger partial charge >= 0.3 is 0 Å². The summed E-state index contributed by atoms with van der Waals surface area (Å²) in [5.74, 6) is 3.03. The lowest BCUT2D eigenvalue weighted by molar-refractivity contribution is 0.100. The van der Waals surface area contributed by atoms with Gasteiger partial charge in [0.25, 0.3) is 7.48 Å². The fourth-order valence-corrected chi connectivity index (χ4v) is 3.72. The van der Waals surface area contributed by atoms with Crippen LogP contribution >= 0.6 is 0 Å². The van der Waals surface area contributed by atoms with E-state index in [0.29, 0.717) is 0 Å². The second-order valence-corrected chi connectivity index (χ2v) is 6.82. The summed E-state index contributed by atoms with van der Waals surface area (Å²) in [6, 6.07) is 0. The van der Waals surface area contributed by atoms with Crippen molar-refractivity contribution < 1.29 is 4.65 Å². The summed E-state index contributed by atoms with van der Waals surface area (Å²) in [6.07, 6.45) is 10.9. The van der Waals surface area contributed by atoms with Gasteiger partial charge in [-0.3, -0.25) is 0 Å². The number of unbranched alkanes of at least 4 members (excludes halogenated alkanes) is 1. The second kappa shape index (κ2) is 5.78. The Labute approximate surface area is 108 Å². The zero-order valence-corrected chi connectivity index (χ0v) is 11.9. The van der Waals surface area contributed by atoms with Crippen LogP contribution in [-0.2, 0) is 4.65 Å². The molecule has 3 unspecified atom stereocenters. The van der Waals surface area contributed by atoms with Gasteiger partial charge in [-0.25, -0.2) is 0 Å². The lowest BCUT2D eigenvalue weighted by Crippen LogP contribution is -2.27. The van der Waals surface area contributed by atoms with Gasteiger partial charge in [-0.15, -0.1) is 0 Å². The average molecular weight is 235 g/mol. The molecule has 2 aliphatic rings. The molecule has 0 aromatic carbocycles. The molecule has 0 aliphatic heterocycles. The standard InChI is InChI=1S/C15H28BO/c1-4-5-8-15(2,3)17-16-11-14-10-12-6-7-13(14)9-12/h12-14H,4-11H2,1-3H3. The highest BCUT2D eigenvalue weighted by atomic mass is 16.5. The third-order valence-electron chi connectivity index (χ3n) is 4.82. The normalized spacial score (nSPS) is 32.1. The minimum absolute atomic E-state index is 0.0492. The van der Waals surface area contributed by atoms with Crippen molar-refractivity contribution in [3.8, 4) is 0 Å². The van der Waals surface area contributed by atoms with E-state index in [0.717, 1.165) is 17.8 Å². The van der Waals surface area contributed by atoms with E-state index in [1.54, 1.807) is 0 Å². The Morgan fingerprint density at radius 3 is 2.65 bits per heavy atom. The summed E-state index contributed by atoms with van der Waals surface area (Å²) in [6.45, 7) is 6.69. The van der Waals surface area contributed by atoms with Crippen LogP contribution in [0.2, 0.25) is 6.32 Å². The largest absolute Gasteiger partial charge is 0.436 e. The SMILES string of the molecule is CCCCC(C)(C)O[B]CC1CC2CCC1C2. The first-order chi connectivity index (χ1) is 8.11. The van der Waals surface area contributed by atoms with Crippen LogP contribution < -0.4 is 0 Å².